The average Bonchev–Trinajstić information content (AvgIpc) is 2.79. The van der Waals surface area contributed by atoms with Gasteiger partial charge in [-0.3, -0.25) is 0 Å². The molecule has 0 aliphatic carbocycles. The fourth-order valence-electron chi connectivity index (χ4n) is 2.27. The Balaban J connectivity index is 1.71. The van der Waals surface area contributed by atoms with E-state index < -0.39 is 0 Å². The van der Waals surface area contributed by atoms with Gasteiger partial charge in [0.05, 0.1) is 12.6 Å². The van der Waals surface area contributed by atoms with E-state index in [-0.39, 0.29) is 0 Å². The molecule has 0 aromatic carbocycles. The summed E-state index contributed by atoms with van der Waals surface area (Å²) in [5.74, 6) is 1.13. The molecule has 1 aliphatic heterocycles. The Morgan fingerprint density at radius 2 is 2.47 bits per heavy atom. The standard InChI is InChI=1S/C13H23N3O/c1-2-7-16-8-6-15-13(16)11-14-10-12-5-3-4-9-17-12/h6,8,12,14H,2-5,7,9-11H2,1H3. The minimum atomic E-state index is 0.401. The lowest BCUT2D eigenvalue weighted by atomic mass is 10.1. The number of rotatable bonds is 6. The first kappa shape index (κ1) is 12.6. The monoisotopic (exact) mass is 237 g/mol. The Morgan fingerprint density at radius 1 is 1.53 bits per heavy atom. The van der Waals surface area contributed by atoms with Crippen LogP contribution < -0.4 is 5.32 Å². The van der Waals surface area contributed by atoms with Crippen molar-refractivity contribution in [3.8, 4) is 0 Å². The molecule has 4 nitrogen and oxygen atoms in total. The van der Waals surface area contributed by atoms with E-state index in [2.05, 4.69) is 28.0 Å². The van der Waals surface area contributed by atoms with Crippen molar-refractivity contribution in [2.45, 2.75) is 51.8 Å². The smallest absolute Gasteiger partial charge is 0.122 e. The Morgan fingerprint density at radius 3 is 3.24 bits per heavy atom. The summed E-state index contributed by atoms with van der Waals surface area (Å²) >= 11 is 0. The van der Waals surface area contributed by atoms with E-state index in [0.717, 1.165) is 38.5 Å². The van der Waals surface area contributed by atoms with Crippen LogP contribution in [0.2, 0.25) is 0 Å². The van der Waals surface area contributed by atoms with Gasteiger partial charge < -0.3 is 14.6 Å². The molecule has 2 heterocycles. The van der Waals surface area contributed by atoms with Gasteiger partial charge in [-0.05, 0) is 25.7 Å². The summed E-state index contributed by atoms with van der Waals surface area (Å²) in [6.07, 6.45) is 9.19. The maximum absolute atomic E-state index is 5.69. The van der Waals surface area contributed by atoms with E-state index in [1.54, 1.807) is 0 Å². The van der Waals surface area contributed by atoms with Crippen molar-refractivity contribution in [2.24, 2.45) is 0 Å². The minimum absolute atomic E-state index is 0.401. The predicted octanol–water partition coefficient (Wildman–Crippen LogP) is 1.95. The Kier molecular flexibility index (Phi) is 5.01. The molecule has 17 heavy (non-hydrogen) atoms. The summed E-state index contributed by atoms with van der Waals surface area (Å²) in [6, 6.07) is 0. The van der Waals surface area contributed by atoms with Crippen LogP contribution >= 0.6 is 0 Å². The van der Waals surface area contributed by atoms with Crippen molar-refractivity contribution in [1.29, 1.82) is 0 Å². The predicted molar refractivity (Wildman–Crippen MR) is 67.8 cm³/mol. The quantitative estimate of drug-likeness (QED) is 0.822. The Hall–Kier alpha value is -0.870. The number of nitrogens with one attached hydrogen (secondary N) is 1. The van der Waals surface area contributed by atoms with Gasteiger partial charge in [0.15, 0.2) is 0 Å². The second kappa shape index (κ2) is 6.77. The summed E-state index contributed by atoms with van der Waals surface area (Å²) in [6.45, 7) is 5.95. The third-order valence-electron chi connectivity index (χ3n) is 3.20. The number of imidazole rings is 1. The molecule has 0 spiro atoms. The molecule has 96 valence electrons. The van der Waals surface area contributed by atoms with Crippen LogP contribution in [-0.2, 0) is 17.8 Å². The number of nitrogens with zero attached hydrogens (tertiary/aromatic N) is 2. The van der Waals surface area contributed by atoms with E-state index in [1.807, 2.05) is 6.20 Å². The minimum Gasteiger partial charge on any atom is -0.377 e. The van der Waals surface area contributed by atoms with Gasteiger partial charge in [-0.15, -0.1) is 0 Å². The van der Waals surface area contributed by atoms with Crippen molar-refractivity contribution < 1.29 is 4.74 Å². The molecule has 2 rings (SSSR count). The van der Waals surface area contributed by atoms with Gasteiger partial charge in [0, 0.05) is 32.1 Å². The number of aromatic nitrogens is 2. The zero-order chi connectivity index (χ0) is 11.9. The summed E-state index contributed by atoms with van der Waals surface area (Å²) in [4.78, 5) is 4.38. The first-order valence-electron chi connectivity index (χ1n) is 6.72. The highest BCUT2D eigenvalue weighted by molar-refractivity contribution is 4.91. The average molecular weight is 237 g/mol. The molecule has 1 saturated heterocycles. The van der Waals surface area contributed by atoms with Crippen molar-refractivity contribution in [3.05, 3.63) is 18.2 Å². The zero-order valence-electron chi connectivity index (χ0n) is 10.7. The van der Waals surface area contributed by atoms with Crippen LogP contribution in [0.5, 0.6) is 0 Å². The van der Waals surface area contributed by atoms with Crippen LogP contribution in [0.25, 0.3) is 0 Å². The lowest BCUT2D eigenvalue weighted by Crippen LogP contribution is -2.32. The van der Waals surface area contributed by atoms with Crippen molar-refractivity contribution in [2.75, 3.05) is 13.2 Å². The fourth-order valence-corrected chi connectivity index (χ4v) is 2.27. The first-order valence-corrected chi connectivity index (χ1v) is 6.72. The van der Waals surface area contributed by atoms with Crippen molar-refractivity contribution in [1.82, 2.24) is 14.9 Å². The summed E-state index contributed by atoms with van der Waals surface area (Å²) in [5, 5.41) is 3.45. The van der Waals surface area contributed by atoms with E-state index in [1.165, 1.54) is 19.3 Å². The van der Waals surface area contributed by atoms with Crippen molar-refractivity contribution >= 4 is 0 Å². The van der Waals surface area contributed by atoms with Crippen molar-refractivity contribution in [3.63, 3.8) is 0 Å². The van der Waals surface area contributed by atoms with Gasteiger partial charge in [0.2, 0.25) is 0 Å². The molecule has 4 heteroatoms. The summed E-state index contributed by atoms with van der Waals surface area (Å²) in [7, 11) is 0. The fraction of sp³-hybridized carbons (Fsp3) is 0.769. The molecule has 0 bridgehead atoms. The molecule has 0 radical (unpaired) electrons. The van der Waals surface area contributed by atoms with Crippen LogP contribution in [0.1, 0.15) is 38.4 Å². The molecule has 1 aliphatic rings. The molecule has 1 unspecified atom stereocenters. The highest BCUT2D eigenvalue weighted by atomic mass is 16.5. The van der Waals surface area contributed by atoms with E-state index >= 15 is 0 Å². The third-order valence-corrected chi connectivity index (χ3v) is 3.20. The SMILES string of the molecule is CCCn1ccnc1CNCC1CCCCO1. The molecule has 0 amide bonds. The van der Waals surface area contributed by atoms with Crippen LogP contribution in [0.4, 0.5) is 0 Å². The normalized spacial score (nSPS) is 20.6. The molecular weight excluding hydrogens is 214 g/mol. The van der Waals surface area contributed by atoms with E-state index in [0.29, 0.717) is 6.10 Å². The molecular formula is C13H23N3O. The number of hydrogen-bond donors (Lipinski definition) is 1. The van der Waals surface area contributed by atoms with E-state index in [9.17, 15) is 0 Å². The molecule has 0 saturated carbocycles. The largest absolute Gasteiger partial charge is 0.377 e. The molecule has 1 atom stereocenters. The summed E-state index contributed by atoms with van der Waals surface area (Å²) in [5.41, 5.74) is 0. The second-order valence-electron chi connectivity index (χ2n) is 4.66. The first-order chi connectivity index (χ1) is 8.40. The van der Waals surface area contributed by atoms with Gasteiger partial charge >= 0.3 is 0 Å². The second-order valence-corrected chi connectivity index (χ2v) is 4.66. The lowest BCUT2D eigenvalue weighted by Gasteiger charge is -2.22. The van der Waals surface area contributed by atoms with Crippen LogP contribution in [0, 0.1) is 0 Å². The van der Waals surface area contributed by atoms with Crippen LogP contribution in [-0.4, -0.2) is 28.8 Å². The maximum Gasteiger partial charge on any atom is 0.122 e. The maximum atomic E-state index is 5.69. The number of hydrogen-bond acceptors (Lipinski definition) is 3. The van der Waals surface area contributed by atoms with Crippen LogP contribution in [0.3, 0.4) is 0 Å². The number of ether oxygens (including phenoxy) is 1. The highest BCUT2D eigenvalue weighted by Crippen LogP contribution is 2.11. The molecule has 1 aromatic rings. The van der Waals surface area contributed by atoms with Gasteiger partial charge in [0.25, 0.3) is 0 Å². The van der Waals surface area contributed by atoms with Gasteiger partial charge in [0.1, 0.15) is 5.82 Å². The third kappa shape index (κ3) is 3.82. The Bertz CT molecular complexity index is 318. The van der Waals surface area contributed by atoms with Crippen LogP contribution in [0.15, 0.2) is 12.4 Å². The molecule has 1 N–H and O–H groups in total. The van der Waals surface area contributed by atoms with E-state index in [4.69, 9.17) is 4.74 Å². The highest BCUT2D eigenvalue weighted by Gasteiger charge is 2.13. The zero-order valence-corrected chi connectivity index (χ0v) is 10.7. The van der Waals surface area contributed by atoms with Gasteiger partial charge in [-0.1, -0.05) is 6.92 Å². The number of aryl methyl sites for hydroxylation is 1. The van der Waals surface area contributed by atoms with Gasteiger partial charge in [-0.2, -0.15) is 0 Å². The lowest BCUT2D eigenvalue weighted by molar-refractivity contribution is 0.0166. The topological polar surface area (TPSA) is 39.1 Å². The van der Waals surface area contributed by atoms with Gasteiger partial charge in [-0.25, -0.2) is 4.98 Å². The Labute approximate surface area is 103 Å². The molecule has 1 fully saturated rings. The molecule has 1 aromatic heterocycles. The summed E-state index contributed by atoms with van der Waals surface area (Å²) < 4.78 is 7.90.